The molecular weight excluding hydrogens is 484 g/mol. The molecule has 200 valence electrons. The molecule has 0 atom stereocenters. The van der Waals surface area contributed by atoms with Crippen molar-refractivity contribution in [2.75, 3.05) is 0 Å². The van der Waals surface area contributed by atoms with Gasteiger partial charge in [0.15, 0.2) is 5.43 Å². The SMILES string of the molecule is CC.CCCCc1cc2c(-c3ccc(C(=O)O)cc3C(=O)O)c3cc(CCCC)c(=O)cc-3oc2cc1O. The van der Waals surface area contributed by atoms with Crippen molar-refractivity contribution in [1.82, 2.24) is 0 Å². The van der Waals surface area contributed by atoms with E-state index in [4.69, 9.17) is 4.42 Å². The second-order valence-electron chi connectivity index (χ2n) is 8.99. The molecule has 0 saturated carbocycles. The van der Waals surface area contributed by atoms with Gasteiger partial charge in [-0.3, -0.25) is 4.79 Å². The van der Waals surface area contributed by atoms with Crippen LogP contribution < -0.4 is 5.43 Å². The Labute approximate surface area is 221 Å². The minimum atomic E-state index is -1.27. The molecule has 3 N–H and O–H groups in total. The number of carbonyl (C=O) groups is 2. The van der Waals surface area contributed by atoms with Gasteiger partial charge >= 0.3 is 11.9 Å². The first-order chi connectivity index (χ1) is 18.2. The van der Waals surface area contributed by atoms with Crippen LogP contribution in [0.3, 0.4) is 0 Å². The number of benzene rings is 3. The lowest BCUT2D eigenvalue weighted by Gasteiger charge is -2.19. The van der Waals surface area contributed by atoms with Crippen LogP contribution in [0.2, 0.25) is 0 Å². The number of hydrogen-bond donors (Lipinski definition) is 3. The van der Waals surface area contributed by atoms with Gasteiger partial charge in [-0.2, -0.15) is 0 Å². The van der Waals surface area contributed by atoms with Gasteiger partial charge in [0.1, 0.15) is 17.1 Å². The lowest BCUT2D eigenvalue weighted by molar-refractivity contribution is 0.0696. The van der Waals surface area contributed by atoms with Crippen LogP contribution in [0.25, 0.3) is 33.4 Å². The maximum absolute atomic E-state index is 12.8. The number of fused-ring (bicyclic) bond motifs is 2. The summed E-state index contributed by atoms with van der Waals surface area (Å²) < 4.78 is 6.05. The molecule has 2 aromatic carbocycles. The molecule has 1 aliphatic carbocycles. The van der Waals surface area contributed by atoms with Crippen molar-refractivity contribution in [1.29, 1.82) is 0 Å². The van der Waals surface area contributed by atoms with Crippen LogP contribution in [-0.2, 0) is 12.8 Å². The van der Waals surface area contributed by atoms with E-state index in [1.165, 1.54) is 24.3 Å². The molecule has 1 heterocycles. The quantitative estimate of drug-likeness (QED) is 0.197. The summed E-state index contributed by atoms with van der Waals surface area (Å²) in [5.41, 5.74) is 2.51. The standard InChI is InChI=1S/C29H28O7.C2H6/c1-3-5-7-16-11-21-25(14-23(16)30)36-26-15-24(31)17(8-6-4-2)12-22(26)27(21)19-10-9-18(28(32)33)13-20(19)29(34)35;1-2/h9-15,30H,3-8H2,1-2H3,(H,32,33)(H,34,35);1-2H3. The normalized spacial score (nSPS) is 10.8. The summed E-state index contributed by atoms with van der Waals surface area (Å²) in [6, 6.07) is 10.4. The van der Waals surface area contributed by atoms with Gasteiger partial charge in [0.2, 0.25) is 0 Å². The highest BCUT2D eigenvalue weighted by molar-refractivity contribution is 6.08. The molecule has 2 aliphatic rings. The zero-order valence-corrected chi connectivity index (χ0v) is 22.3. The van der Waals surface area contributed by atoms with Gasteiger partial charge < -0.3 is 19.7 Å². The number of rotatable bonds is 9. The van der Waals surface area contributed by atoms with Gasteiger partial charge in [0.05, 0.1) is 11.1 Å². The third kappa shape index (κ3) is 5.72. The van der Waals surface area contributed by atoms with Crippen LogP contribution in [0.15, 0.2) is 51.7 Å². The Morgan fingerprint density at radius 1 is 0.816 bits per heavy atom. The second-order valence-corrected chi connectivity index (χ2v) is 8.99. The molecule has 2 aromatic rings. The number of aryl methyl sites for hydroxylation is 2. The molecule has 1 aliphatic heterocycles. The van der Waals surface area contributed by atoms with E-state index in [2.05, 4.69) is 0 Å². The third-order valence-electron chi connectivity index (χ3n) is 6.47. The number of aromatic hydroxyl groups is 1. The Morgan fingerprint density at radius 2 is 1.47 bits per heavy atom. The first-order valence-corrected chi connectivity index (χ1v) is 13.1. The van der Waals surface area contributed by atoms with E-state index in [0.29, 0.717) is 51.6 Å². The van der Waals surface area contributed by atoms with Crippen LogP contribution >= 0.6 is 0 Å². The first kappa shape index (κ1) is 28.4. The fourth-order valence-corrected chi connectivity index (χ4v) is 4.54. The highest BCUT2D eigenvalue weighted by Gasteiger charge is 2.24. The average molecular weight is 519 g/mol. The molecular formula is C31H34O7. The lowest BCUT2D eigenvalue weighted by Crippen LogP contribution is -2.10. The number of carboxylic acids is 2. The molecule has 7 nitrogen and oxygen atoms in total. The van der Waals surface area contributed by atoms with E-state index in [9.17, 15) is 29.7 Å². The molecule has 38 heavy (non-hydrogen) atoms. The molecule has 0 saturated heterocycles. The molecule has 0 aromatic heterocycles. The highest BCUT2D eigenvalue weighted by Crippen LogP contribution is 2.43. The van der Waals surface area contributed by atoms with Crippen LogP contribution in [0.4, 0.5) is 0 Å². The van der Waals surface area contributed by atoms with E-state index in [0.717, 1.165) is 31.7 Å². The zero-order chi connectivity index (χ0) is 28.0. The van der Waals surface area contributed by atoms with Crippen molar-refractivity contribution in [3.8, 4) is 28.2 Å². The molecule has 0 spiro atoms. The van der Waals surface area contributed by atoms with E-state index in [1.807, 2.05) is 27.7 Å². The van der Waals surface area contributed by atoms with Crippen molar-refractivity contribution in [3.63, 3.8) is 0 Å². The summed E-state index contributed by atoms with van der Waals surface area (Å²) in [5, 5.41) is 30.6. The van der Waals surface area contributed by atoms with Crippen molar-refractivity contribution in [3.05, 3.63) is 74.9 Å². The fraction of sp³-hybridized carbons (Fsp3) is 0.323. The summed E-state index contributed by atoms with van der Waals surface area (Å²) >= 11 is 0. The monoisotopic (exact) mass is 518 g/mol. The zero-order valence-electron chi connectivity index (χ0n) is 22.3. The van der Waals surface area contributed by atoms with Crippen molar-refractivity contribution >= 4 is 22.9 Å². The van der Waals surface area contributed by atoms with E-state index in [-0.39, 0.29) is 28.1 Å². The summed E-state index contributed by atoms with van der Waals surface area (Å²) in [5.74, 6) is -2.17. The minimum Gasteiger partial charge on any atom is -0.508 e. The number of phenols is 1. The van der Waals surface area contributed by atoms with Crippen molar-refractivity contribution < 1.29 is 29.3 Å². The highest BCUT2D eigenvalue weighted by atomic mass is 16.4. The Kier molecular flexibility index (Phi) is 9.29. The van der Waals surface area contributed by atoms with Crippen LogP contribution in [0, 0.1) is 0 Å². The number of hydrogen-bond acceptors (Lipinski definition) is 5. The molecule has 0 unspecified atom stereocenters. The van der Waals surface area contributed by atoms with E-state index in [1.54, 1.807) is 12.1 Å². The maximum atomic E-state index is 12.8. The molecule has 0 radical (unpaired) electrons. The summed E-state index contributed by atoms with van der Waals surface area (Å²) in [4.78, 5) is 36.6. The fourth-order valence-electron chi connectivity index (χ4n) is 4.54. The largest absolute Gasteiger partial charge is 0.508 e. The second kappa shape index (κ2) is 12.4. The number of carboxylic acid groups (broad SMARTS) is 2. The smallest absolute Gasteiger partial charge is 0.336 e. The van der Waals surface area contributed by atoms with Crippen molar-refractivity contribution in [2.24, 2.45) is 0 Å². The molecule has 0 bridgehead atoms. The van der Waals surface area contributed by atoms with Crippen LogP contribution in [0.5, 0.6) is 5.75 Å². The van der Waals surface area contributed by atoms with Gasteiger partial charge in [-0.05, 0) is 61.1 Å². The van der Waals surface area contributed by atoms with E-state index < -0.39 is 11.9 Å². The lowest BCUT2D eigenvalue weighted by atomic mass is 9.87. The van der Waals surface area contributed by atoms with Gasteiger partial charge in [-0.15, -0.1) is 0 Å². The molecule has 4 rings (SSSR count). The summed E-state index contributed by atoms with van der Waals surface area (Å²) in [6.45, 7) is 8.08. The Hall–Kier alpha value is -4.13. The third-order valence-corrected chi connectivity index (χ3v) is 6.47. The number of unbranched alkanes of at least 4 members (excludes halogenated alkanes) is 2. The van der Waals surface area contributed by atoms with E-state index >= 15 is 0 Å². The molecule has 0 amide bonds. The van der Waals surface area contributed by atoms with Crippen molar-refractivity contribution in [2.45, 2.75) is 66.2 Å². The Morgan fingerprint density at radius 3 is 2.08 bits per heavy atom. The van der Waals surface area contributed by atoms with Gasteiger partial charge in [-0.25, -0.2) is 9.59 Å². The first-order valence-electron chi connectivity index (χ1n) is 13.1. The minimum absolute atomic E-state index is 0.0617. The molecule has 0 fully saturated rings. The van der Waals surface area contributed by atoms with Crippen LogP contribution in [-0.4, -0.2) is 27.3 Å². The Balaban J connectivity index is 0.00000195. The predicted molar refractivity (Wildman–Crippen MR) is 149 cm³/mol. The van der Waals surface area contributed by atoms with Gasteiger partial charge in [0, 0.05) is 34.2 Å². The Bertz CT molecular complexity index is 1500. The maximum Gasteiger partial charge on any atom is 0.336 e. The summed E-state index contributed by atoms with van der Waals surface area (Å²) in [7, 11) is 0. The number of aromatic carboxylic acids is 2. The van der Waals surface area contributed by atoms with Gasteiger partial charge in [0.25, 0.3) is 0 Å². The number of phenolic OH excluding ortho intramolecular Hbond substituents is 1. The predicted octanol–water partition coefficient (Wildman–Crippen LogP) is 7.38. The average Bonchev–Trinajstić information content (AvgIpc) is 2.90. The van der Waals surface area contributed by atoms with Gasteiger partial charge in [-0.1, -0.05) is 46.6 Å². The van der Waals surface area contributed by atoms with Crippen LogP contribution in [0.1, 0.15) is 85.2 Å². The topological polar surface area (TPSA) is 125 Å². The molecule has 7 heteroatoms. The summed E-state index contributed by atoms with van der Waals surface area (Å²) in [6.07, 6.45) is 4.72.